The van der Waals surface area contributed by atoms with Crippen molar-refractivity contribution in [3.05, 3.63) is 58.2 Å². The van der Waals surface area contributed by atoms with E-state index < -0.39 is 23.4 Å². The molecule has 0 spiro atoms. The summed E-state index contributed by atoms with van der Waals surface area (Å²) in [6, 6.07) is 9.01. The van der Waals surface area contributed by atoms with Gasteiger partial charge in [-0.25, -0.2) is 4.79 Å². The highest BCUT2D eigenvalue weighted by atomic mass is 16.6. The minimum Gasteiger partial charge on any atom is -0.496 e. The number of amides is 1. The third-order valence-corrected chi connectivity index (χ3v) is 3.84. The SMILES string of the molecule is COc1ccc(NC(=O)COC(=O)/C=C/c2ccc(OC)c(OC)c2)c([N+](=O)[O-])c1. The van der Waals surface area contributed by atoms with Gasteiger partial charge in [-0.15, -0.1) is 0 Å². The van der Waals surface area contributed by atoms with Crippen LogP contribution in [0.3, 0.4) is 0 Å². The molecule has 2 aromatic rings. The van der Waals surface area contributed by atoms with Crippen molar-refractivity contribution in [3.8, 4) is 17.2 Å². The predicted octanol–water partition coefficient (Wildman–Crippen LogP) is 2.82. The number of methoxy groups -OCH3 is 3. The van der Waals surface area contributed by atoms with Crippen LogP contribution in [0.25, 0.3) is 6.08 Å². The zero-order valence-electron chi connectivity index (χ0n) is 16.5. The molecule has 0 radical (unpaired) electrons. The van der Waals surface area contributed by atoms with E-state index in [1.165, 1.54) is 45.6 Å². The zero-order valence-corrected chi connectivity index (χ0v) is 16.5. The van der Waals surface area contributed by atoms with Crippen molar-refractivity contribution < 1.29 is 33.5 Å². The minimum absolute atomic E-state index is 0.0391. The third kappa shape index (κ3) is 5.96. The first kappa shape index (κ1) is 22.2. The number of nitro groups is 1. The van der Waals surface area contributed by atoms with E-state index in [1.54, 1.807) is 18.2 Å². The van der Waals surface area contributed by atoms with E-state index in [2.05, 4.69) is 5.32 Å². The van der Waals surface area contributed by atoms with E-state index in [0.717, 1.165) is 6.08 Å². The van der Waals surface area contributed by atoms with Crippen LogP contribution in [-0.2, 0) is 14.3 Å². The number of anilines is 1. The maximum Gasteiger partial charge on any atom is 0.331 e. The monoisotopic (exact) mass is 416 g/mol. The standard InChI is InChI=1S/C20H20N2O8/c1-27-14-6-7-15(16(11-14)22(25)26)21-19(23)12-30-20(24)9-5-13-4-8-17(28-2)18(10-13)29-3/h4-11H,12H2,1-3H3,(H,21,23)/b9-5+. The van der Waals surface area contributed by atoms with Crippen molar-refractivity contribution in [2.45, 2.75) is 0 Å². The summed E-state index contributed by atoms with van der Waals surface area (Å²) >= 11 is 0. The number of nitro benzene ring substituents is 1. The molecule has 0 bridgehead atoms. The number of esters is 1. The van der Waals surface area contributed by atoms with Crippen LogP contribution in [0.5, 0.6) is 17.2 Å². The first-order valence-electron chi connectivity index (χ1n) is 8.57. The van der Waals surface area contributed by atoms with Crippen LogP contribution < -0.4 is 19.5 Å². The van der Waals surface area contributed by atoms with Gasteiger partial charge < -0.3 is 24.3 Å². The lowest BCUT2D eigenvalue weighted by atomic mass is 10.2. The first-order chi connectivity index (χ1) is 14.4. The van der Waals surface area contributed by atoms with Gasteiger partial charge in [0, 0.05) is 6.08 Å². The van der Waals surface area contributed by atoms with Crippen molar-refractivity contribution in [2.75, 3.05) is 33.3 Å². The normalized spacial score (nSPS) is 10.4. The number of rotatable bonds is 9. The van der Waals surface area contributed by atoms with Gasteiger partial charge in [-0.05, 0) is 35.9 Å². The molecule has 10 nitrogen and oxygen atoms in total. The van der Waals surface area contributed by atoms with E-state index in [9.17, 15) is 19.7 Å². The van der Waals surface area contributed by atoms with Gasteiger partial charge >= 0.3 is 5.97 Å². The largest absolute Gasteiger partial charge is 0.496 e. The molecule has 10 heteroatoms. The maximum absolute atomic E-state index is 12.0. The average molecular weight is 416 g/mol. The molecule has 0 unspecified atom stereocenters. The van der Waals surface area contributed by atoms with Gasteiger partial charge in [0.05, 0.1) is 32.3 Å². The quantitative estimate of drug-likeness (QED) is 0.286. The van der Waals surface area contributed by atoms with E-state index in [4.69, 9.17) is 18.9 Å². The molecular formula is C20H20N2O8. The van der Waals surface area contributed by atoms with E-state index >= 15 is 0 Å². The molecule has 0 saturated carbocycles. The molecule has 2 rings (SSSR count). The fourth-order valence-corrected chi connectivity index (χ4v) is 2.39. The Morgan fingerprint density at radius 2 is 1.77 bits per heavy atom. The summed E-state index contributed by atoms with van der Waals surface area (Å²) in [4.78, 5) is 34.3. The summed E-state index contributed by atoms with van der Waals surface area (Å²) in [6.07, 6.45) is 2.63. The van der Waals surface area contributed by atoms with Gasteiger partial charge in [0.25, 0.3) is 11.6 Å². The molecule has 0 aliphatic heterocycles. The number of ether oxygens (including phenoxy) is 4. The van der Waals surface area contributed by atoms with Gasteiger partial charge in [0.2, 0.25) is 0 Å². The van der Waals surface area contributed by atoms with Crippen molar-refractivity contribution in [2.24, 2.45) is 0 Å². The fourth-order valence-electron chi connectivity index (χ4n) is 2.39. The lowest BCUT2D eigenvalue weighted by Gasteiger charge is -2.08. The van der Waals surface area contributed by atoms with Crippen LogP contribution in [0.1, 0.15) is 5.56 Å². The second-order valence-corrected chi connectivity index (χ2v) is 5.74. The van der Waals surface area contributed by atoms with Gasteiger partial charge in [0.1, 0.15) is 11.4 Å². The molecular weight excluding hydrogens is 396 g/mol. The van der Waals surface area contributed by atoms with Crippen molar-refractivity contribution in [1.29, 1.82) is 0 Å². The highest BCUT2D eigenvalue weighted by Gasteiger charge is 2.17. The van der Waals surface area contributed by atoms with E-state index in [1.807, 2.05) is 0 Å². The van der Waals surface area contributed by atoms with Crippen molar-refractivity contribution in [3.63, 3.8) is 0 Å². The summed E-state index contributed by atoms with van der Waals surface area (Å²) in [5.74, 6) is -0.179. The number of hydrogen-bond acceptors (Lipinski definition) is 8. The van der Waals surface area contributed by atoms with Gasteiger partial charge in [-0.1, -0.05) is 6.07 Å². The molecule has 30 heavy (non-hydrogen) atoms. The molecule has 0 heterocycles. The Labute approximate surface area is 172 Å². The minimum atomic E-state index is -0.760. The zero-order chi connectivity index (χ0) is 22.1. The molecule has 0 atom stereocenters. The number of nitrogens with zero attached hydrogens (tertiary/aromatic N) is 1. The fraction of sp³-hybridized carbons (Fsp3) is 0.200. The van der Waals surface area contributed by atoms with E-state index in [-0.39, 0.29) is 17.1 Å². The second-order valence-electron chi connectivity index (χ2n) is 5.74. The van der Waals surface area contributed by atoms with E-state index in [0.29, 0.717) is 17.1 Å². The molecule has 1 N–H and O–H groups in total. The number of carbonyl (C=O) groups is 2. The Morgan fingerprint density at radius 1 is 1.03 bits per heavy atom. The Balaban J connectivity index is 1.94. The van der Waals surface area contributed by atoms with Crippen LogP contribution in [0, 0.1) is 10.1 Å². The summed E-state index contributed by atoms with van der Waals surface area (Å²) in [5.41, 5.74) is 0.271. The van der Waals surface area contributed by atoms with Crippen molar-refractivity contribution >= 4 is 29.3 Å². The maximum atomic E-state index is 12.0. The smallest absolute Gasteiger partial charge is 0.331 e. The number of benzene rings is 2. The second kappa shape index (κ2) is 10.5. The highest BCUT2D eigenvalue weighted by Crippen LogP contribution is 2.29. The molecule has 0 aromatic heterocycles. The van der Waals surface area contributed by atoms with Crippen molar-refractivity contribution in [1.82, 2.24) is 0 Å². The highest BCUT2D eigenvalue weighted by molar-refractivity contribution is 5.96. The topological polar surface area (TPSA) is 126 Å². The molecule has 2 aromatic carbocycles. The number of nitrogens with one attached hydrogen (secondary N) is 1. The first-order valence-corrected chi connectivity index (χ1v) is 8.57. The van der Waals surface area contributed by atoms with Crippen LogP contribution in [0.15, 0.2) is 42.5 Å². The lowest BCUT2D eigenvalue weighted by Crippen LogP contribution is -2.20. The lowest BCUT2D eigenvalue weighted by molar-refractivity contribution is -0.384. The number of carbonyl (C=O) groups excluding carboxylic acids is 2. The van der Waals surface area contributed by atoms with Gasteiger partial charge in [-0.3, -0.25) is 14.9 Å². The molecule has 1 amide bonds. The Kier molecular flexibility index (Phi) is 7.74. The molecule has 0 aliphatic rings. The molecule has 0 fully saturated rings. The Morgan fingerprint density at radius 3 is 2.40 bits per heavy atom. The Bertz CT molecular complexity index is 971. The summed E-state index contributed by atoms with van der Waals surface area (Å²) in [6.45, 7) is -0.613. The third-order valence-electron chi connectivity index (χ3n) is 3.84. The van der Waals surface area contributed by atoms with Crippen LogP contribution in [-0.4, -0.2) is 44.7 Å². The molecule has 158 valence electrons. The summed E-state index contributed by atoms with van der Waals surface area (Å²) < 4.78 is 20.1. The number of hydrogen-bond donors (Lipinski definition) is 1. The summed E-state index contributed by atoms with van der Waals surface area (Å²) in [7, 11) is 4.37. The Hall–Kier alpha value is -4.08. The molecule has 0 saturated heterocycles. The predicted molar refractivity (Wildman–Crippen MR) is 108 cm³/mol. The average Bonchev–Trinajstić information content (AvgIpc) is 2.76. The van der Waals surface area contributed by atoms with Gasteiger partial charge in [0.15, 0.2) is 18.1 Å². The molecule has 0 aliphatic carbocycles. The van der Waals surface area contributed by atoms with Gasteiger partial charge in [-0.2, -0.15) is 0 Å². The van der Waals surface area contributed by atoms with Crippen LogP contribution >= 0.6 is 0 Å². The summed E-state index contributed by atoms with van der Waals surface area (Å²) in [5, 5.41) is 13.5. The van der Waals surface area contributed by atoms with Crippen LogP contribution in [0.4, 0.5) is 11.4 Å². The van der Waals surface area contributed by atoms with Crippen LogP contribution in [0.2, 0.25) is 0 Å².